The number of hydrogen-bond donors (Lipinski definition) is 1. The van der Waals surface area contributed by atoms with E-state index in [0.29, 0.717) is 4.90 Å². The van der Waals surface area contributed by atoms with Gasteiger partial charge in [-0.3, -0.25) is 9.59 Å². The van der Waals surface area contributed by atoms with Crippen molar-refractivity contribution in [1.29, 1.82) is 0 Å². The molecule has 2 heterocycles. The minimum Gasteiger partial charge on any atom is -0.371 e. The molecule has 0 radical (unpaired) electrons. The van der Waals surface area contributed by atoms with Crippen LogP contribution >= 0.6 is 0 Å². The zero-order valence-electron chi connectivity index (χ0n) is 19.5. The van der Waals surface area contributed by atoms with E-state index in [1.165, 1.54) is 11.0 Å². The summed E-state index contributed by atoms with van der Waals surface area (Å²) in [5, 5.41) is 3.07. The molecule has 2 aromatic carbocycles. The lowest BCUT2D eigenvalue weighted by molar-refractivity contribution is -0.127. The van der Waals surface area contributed by atoms with Crippen molar-refractivity contribution >= 4 is 33.0 Å². The number of aryl methyl sites for hydroxylation is 1. The highest BCUT2D eigenvalue weighted by molar-refractivity contribution is 7.91. The Labute approximate surface area is 199 Å². The Balaban J connectivity index is 1.30. The number of hydrogen-bond acceptors (Lipinski definition) is 5. The first-order valence-electron chi connectivity index (χ1n) is 11.6. The predicted molar refractivity (Wildman–Crippen MR) is 129 cm³/mol. The van der Waals surface area contributed by atoms with Gasteiger partial charge in [0.05, 0.1) is 22.3 Å². The van der Waals surface area contributed by atoms with Gasteiger partial charge in [0.25, 0.3) is 0 Å². The van der Waals surface area contributed by atoms with Crippen LogP contribution in [0.2, 0.25) is 0 Å². The standard InChI is InChI=1S/C25H30FN3O4S/c1-3-34(32,33)21-7-5-20(6-8-21)28-12-10-19(11-13-28)27-25(31)18-15-24(30)29(16-18)23-9-4-17(2)14-22(23)26/h4-9,14,18-19H,3,10-13,15-16H2,1-2H3,(H,27,31). The molecule has 0 saturated carbocycles. The zero-order chi connectivity index (χ0) is 24.5. The van der Waals surface area contributed by atoms with Gasteiger partial charge in [-0.1, -0.05) is 13.0 Å². The Morgan fingerprint density at radius 3 is 2.41 bits per heavy atom. The van der Waals surface area contributed by atoms with E-state index in [0.717, 1.165) is 37.2 Å². The van der Waals surface area contributed by atoms with Gasteiger partial charge < -0.3 is 15.1 Å². The number of anilines is 2. The van der Waals surface area contributed by atoms with E-state index in [-0.39, 0.29) is 42.3 Å². The minimum absolute atomic E-state index is 0.00348. The summed E-state index contributed by atoms with van der Waals surface area (Å²) in [4.78, 5) is 29.2. The second-order valence-electron chi connectivity index (χ2n) is 9.03. The third-order valence-corrected chi connectivity index (χ3v) is 8.42. The summed E-state index contributed by atoms with van der Waals surface area (Å²) < 4.78 is 38.3. The second-order valence-corrected chi connectivity index (χ2v) is 11.3. The van der Waals surface area contributed by atoms with Crippen molar-refractivity contribution in [3.05, 3.63) is 53.8 Å². The van der Waals surface area contributed by atoms with Crippen LogP contribution in [-0.2, 0) is 19.4 Å². The first-order chi connectivity index (χ1) is 16.2. The number of piperidine rings is 1. The highest BCUT2D eigenvalue weighted by atomic mass is 32.2. The van der Waals surface area contributed by atoms with Gasteiger partial charge >= 0.3 is 0 Å². The normalized spacial score (nSPS) is 19.5. The summed E-state index contributed by atoms with van der Waals surface area (Å²) in [6.45, 7) is 5.05. The number of rotatable bonds is 6. The highest BCUT2D eigenvalue weighted by Crippen LogP contribution is 2.29. The predicted octanol–water partition coefficient (Wildman–Crippen LogP) is 3.07. The number of sulfone groups is 1. The first kappa shape index (κ1) is 24.2. The Morgan fingerprint density at radius 2 is 1.79 bits per heavy atom. The van der Waals surface area contributed by atoms with E-state index in [1.54, 1.807) is 38.1 Å². The third-order valence-electron chi connectivity index (χ3n) is 6.67. The molecular weight excluding hydrogens is 457 g/mol. The summed E-state index contributed by atoms with van der Waals surface area (Å²) in [6, 6.07) is 11.7. The number of benzene rings is 2. The van der Waals surface area contributed by atoms with E-state index < -0.39 is 21.6 Å². The fourth-order valence-electron chi connectivity index (χ4n) is 4.58. The van der Waals surface area contributed by atoms with E-state index in [4.69, 9.17) is 0 Å². The molecule has 2 aliphatic heterocycles. The Hall–Kier alpha value is -2.94. The van der Waals surface area contributed by atoms with Gasteiger partial charge in [0.1, 0.15) is 5.82 Å². The molecule has 0 aromatic heterocycles. The number of nitrogens with zero attached hydrogens (tertiary/aromatic N) is 2. The van der Waals surface area contributed by atoms with Gasteiger partial charge in [-0.25, -0.2) is 12.8 Å². The van der Waals surface area contributed by atoms with Gasteiger partial charge in [0, 0.05) is 37.8 Å². The first-order valence-corrected chi connectivity index (χ1v) is 13.3. The fraction of sp³-hybridized carbons (Fsp3) is 0.440. The average Bonchev–Trinajstić information content (AvgIpc) is 3.21. The molecular formula is C25H30FN3O4S. The molecule has 2 amide bonds. The van der Waals surface area contributed by atoms with E-state index in [9.17, 15) is 22.4 Å². The largest absolute Gasteiger partial charge is 0.371 e. The number of nitrogens with one attached hydrogen (secondary N) is 1. The molecule has 1 N–H and O–H groups in total. The Kier molecular flexibility index (Phi) is 6.93. The minimum atomic E-state index is -3.22. The van der Waals surface area contributed by atoms with Crippen molar-refractivity contribution in [2.45, 2.75) is 44.0 Å². The number of halogens is 1. The average molecular weight is 488 g/mol. The molecule has 1 unspecified atom stereocenters. The van der Waals surface area contributed by atoms with E-state index in [1.807, 2.05) is 12.1 Å². The molecule has 0 spiro atoms. The van der Waals surface area contributed by atoms with Crippen molar-refractivity contribution in [2.24, 2.45) is 5.92 Å². The quantitative estimate of drug-likeness (QED) is 0.677. The summed E-state index contributed by atoms with van der Waals surface area (Å²) in [5.74, 6) is -1.30. The van der Waals surface area contributed by atoms with Gasteiger partial charge in [0.15, 0.2) is 9.84 Å². The monoisotopic (exact) mass is 487 g/mol. The van der Waals surface area contributed by atoms with Crippen molar-refractivity contribution in [1.82, 2.24) is 5.32 Å². The number of amides is 2. The SMILES string of the molecule is CCS(=O)(=O)c1ccc(N2CCC(NC(=O)C3CC(=O)N(c4ccc(C)cc4F)C3)CC2)cc1. The van der Waals surface area contributed by atoms with Crippen molar-refractivity contribution < 1.29 is 22.4 Å². The van der Waals surface area contributed by atoms with Gasteiger partial charge in [0.2, 0.25) is 11.8 Å². The summed E-state index contributed by atoms with van der Waals surface area (Å²) in [6.07, 6.45) is 1.57. The van der Waals surface area contributed by atoms with Crippen LogP contribution in [0.25, 0.3) is 0 Å². The molecule has 4 rings (SSSR count). The highest BCUT2D eigenvalue weighted by Gasteiger charge is 2.37. The summed E-state index contributed by atoms with van der Waals surface area (Å²) in [7, 11) is -3.22. The zero-order valence-corrected chi connectivity index (χ0v) is 20.3. The number of carbonyl (C=O) groups is 2. The van der Waals surface area contributed by atoms with Crippen molar-refractivity contribution in [2.75, 3.05) is 35.2 Å². The molecule has 1 atom stereocenters. The van der Waals surface area contributed by atoms with Gasteiger partial charge in [-0.05, 0) is 61.7 Å². The maximum absolute atomic E-state index is 14.3. The number of carbonyl (C=O) groups excluding carboxylic acids is 2. The molecule has 0 bridgehead atoms. The molecule has 2 saturated heterocycles. The smallest absolute Gasteiger partial charge is 0.227 e. The maximum Gasteiger partial charge on any atom is 0.227 e. The van der Waals surface area contributed by atoms with Crippen molar-refractivity contribution in [3.63, 3.8) is 0 Å². The van der Waals surface area contributed by atoms with Crippen LogP contribution in [0.15, 0.2) is 47.4 Å². The Morgan fingerprint density at radius 1 is 1.12 bits per heavy atom. The molecule has 9 heteroatoms. The van der Waals surface area contributed by atoms with Crippen LogP contribution in [0.5, 0.6) is 0 Å². The Bertz CT molecular complexity index is 1180. The third kappa shape index (κ3) is 5.09. The summed E-state index contributed by atoms with van der Waals surface area (Å²) >= 11 is 0. The lowest BCUT2D eigenvalue weighted by Gasteiger charge is -2.34. The lowest BCUT2D eigenvalue weighted by Crippen LogP contribution is -2.46. The summed E-state index contributed by atoms with van der Waals surface area (Å²) in [5.41, 5.74) is 1.95. The molecule has 2 aromatic rings. The van der Waals surface area contributed by atoms with E-state index in [2.05, 4.69) is 10.2 Å². The molecule has 2 fully saturated rings. The van der Waals surface area contributed by atoms with Crippen molar-refractivity contribution in [3.8, 4) is 0 Å². The van der Waals surface area contributed by atoms with Crippen LogP contribution in [0.1, 0.15) is 31.7 Å². The molecule has 0 aliphatic carbocycles. The van der Waals surface area contributed by atoms with E-state index >= 15 is 0 Å². The van der Waals surface area contributed by atoms with Crippen LogP contribution in [0.4, 0.5) is 15.8 Å². The molecule has 182 valence electrons. The lowest BCUT2D eigenvalue weighted by atomic mass is 10.0. The fourth-order valence-corrected chi connectivity index (χ4v) is 5.46. The molecule has 2 aliphatic rings. The maximum atomic E-state index is 14.3. The van der Waals surface area contributed by atoms with Crippen LogP contribution in [-0.4, -0.2) is 51.7 Å². The van der Waals surface area contributed by atoms with Crippen LogP contribution in [0.3, 0.4) is 0 Å². The van der Waals surface area contributed by atoms with Gasteiger partial charge in [-0.2, -0.15) is 0 Å². The van der Waals surface area contributed by atoms with Crippen LogP contribution < -0.4 is 15.1 Å². The molecule has 7 nitrogen and oxygen atoms in total. The molecule has 34 heavy (non-hydrogen) atoms. The second kappa shape index (κ2) is 9.74. The van der Waals surface area contributed by atoms with Crippen LogP contribution in [0, 0.1) is 18.7 Å². The van der Waals surface area contributed by atoms with Gasteiger partial charge in [-0.15, -0.1) is 0 Å². The topological polar surface area (TPSA) is 86.8 Å².